The molecule has 1 heterocycles. The van der Waals surface area contributed by atoms with Crippen LogP contribution in [-0.4, -0.2) is 28.2 Å². The number of aromatic amines is 1. The number of aromatic nitrogens is 3. The zero-order chi connectivity index (χ0) is 18.7. The summed E-state index contributed by atoms with van der Waals surface area (Å²) in [7, 11) is 1.51. The lowest BCUT2D eigenvalue weighted by Crippen LogP contribution is -2.09. The molecule has 0 bridgehead atoms. The Morgan fingerprint density at radius 3 is 2.58 bits per heavy atom. The summed E-state index contributed by atoms with van der Waals surface area (Å²) in [6.45, 7) is 0. The average Bonchev–Trinajstić information content (AvgIpc) is 2.99. The van der Waals surface area contributed by atoms with Gasteiger partial charge in [-0.2, -0.15) is 28.0 Å². The van der Waals surface area contributed by atoms with Crippen molar-refractivity contribution in [2.75, 3.05) is 7.11 Å². The SMILES string of the molecule is COc1ccccc1-c1n[nH]c(=S)n1N=Cc1ccccc1C(F)(F)F. The number of ether oxygens (including phenoxy) is 1. The van der Waals surface area contributed by atoms with Crippen molar-refractivity contribution >= 4 is 18.4 Å². The molecule has 0 aliphatic rings. The smallest absolute Gasteiger partial charge is 0.417 e. The molecule has 0 atom stereocenters. The van der Waals surface area contributed by atoms with Gasteiger partial charge >= 0.3 is 6.18 Å². The van der Waals surface area contributed by atoms with Gasteiger partial charge in [0, 0.05) is 5.56 Å². The number of methoxy groups -OCH3 is 1. The van der Waals surface area contributed by atoms with Gasteiger partial charge < -0.3 is 4.74 Å². The molecule has 0 saturated carbocycles. The van der Waals surface area contributed by atoms with Crippen molar-refractivity contribution in [2.24, 2.45) is 5.10 Å². The van der Waals surface area contributed by atoms with E-state index in [-0.39, 0.29) is 10.3 Å². The molecule has 0 saturated heterocycles. The number of H-pyrrole nitrogens is 1. The van der Waals surface area contributed by atoms with Gasteiger partial charge in [0.05, 0.1) is 24.5 Å². The average molecular weight is 378 g/mol. The monoisotopic (exact) mass is 378 g/mol. The highest BCUT2D eigenvalue weighted by molar-refractivity contribution is 7.71. The molecular formula is C17H13F3N4OS. The third-order valence-corrected chi connectivity index (χ3v) is 3.84. The van der Waals surface area contributed by atoms with Crippen molar-refractivity contribution in [1.29, 1.82) is 0 Å². The Morgan fingerprint density at radius 2 is 1.85 bits per heavy atom. The molecule has 3 aromatic rings. The molecule has 0 spiro atoms. The molecule has 9 heteroatoms. The van der Waals surface area contributed by atoms with Crippen molar-refractivity contribution in [3.05, 3.63) is 64.4 Å². The Bertz CT molecular complexity index is 1010. The van der Waals surface area contributed by atoms with Crippen LogP contribution in [0.2, 0.25) is 0 Å². The molecule has 2 aromatic carbocycles. The number of rotatable bonds is 4. The first-order valence-electron chi connectivity index (χ1n) is 7.43. The first kappa shape index (κ1) is 17.9. The standard InChI is InChI=1S/C17H13F3N4OS/c1-25-14-9-5-3-7-12(14)15-22-23-16(26)24(15)21-10-11-6-2-4-8-13(11)17(18,19)20/h2-10H,1H3,(H,23,26). The highest BCUT2D eigenvalue weighted by atomic mass is 32.1. The molecule has 1 N–H and O–H groups in total. The maximum atomic E-state index is 13.1. The number of para-hydroxylation sites is 1. The van der Waals surface area contributed by atoms with E-state index < -0.39 is 11.7 Å². The van der Waals surface area contributed by atoms with Crippen LogP contribution in [0.5, 0.6) is 5.75 Å². The lowest BCUT2D eigenvalue weighted by molar-refractivity contribution is -0.137. The van der Waals surface area contributed by atoms with Crippen molar-refractivity contribution in [3.8, 4) is 17.1 Å². The van der Waals surface area contributed by atoms with E-state index in [0.717, 1.165) is 12.3 Å². The van der Waals surface area contributed by atoms with Crippen molar-refractivity contribution in [3.63, 3.8) is 0 Å². The van der Waals surface area contributed by atoms with Gasteiger partial charge in [-0.15, -0.1) is 0 Å². The zero-order valence-corrected chi connectivity index (χ0v) is 14.3. The van der Waals surface area contributed by atoms with Gasteiger partial charge in [-0.1, -0.05) is 30.3 Å². The molecule has 0 aliphatic heterocycles. The van der Waals surface area contributed by atoms with Crippen LogP contribution in [0.15, 0.2) is 53.6 Å². The van der Waals surface area contributed by atoms with Gasteiger partial charge in [0.1, 0.15) is 5.75 Å². The predicted molar refractivity (Wildman–Crippen MR) is 93.8 cm³/mol. The number of hydrogen-bond donors (Lipinski definition) is 1. The molecule has 0 amide bonds. The molecule has 0 radical (unpaired) electrons. The fraction of sp³-hybridized carbons (Fsp3) is 0.118. The first-order chi connectivity index (χ1) is 12.4. The maximum Gasteiger partial charge on any atom is 0.417 e. The van der Waals surface area contributed by atoms with Crippen LogP contribution in [0.25, 0.3) is 11.4 Å². The number of alkyl halides is 3. The van der Waals surface area contributed by atoms with Gasteiger partial charge in [-0.3, -0.25) is 0 Å². The van der Waals surface area contributed by atoms with Gasteiger partial charge in [0.2, 0.25) is 4.77 Å². The van der Waals surface area contributed by atoms with Crippen LogP contribution in [0.3, 0.4) is 0 Å². The fourth-order valence-electron chi connectivity index (χ4n) is 2.39. The Balaban J connectivity index is 2.07. The third kappa shape index (κ3) is 3.52. The van der Waals surface area contributed by atoms with Crippen LogP contribution in [0.1, 0.15) is 11.1 Å². The molecule has 0 aliphatic carbocycles. The van der Waals surface area contributed by atoms with Gasteiger partial charge in [0.25, 0.3) is 0 Å². The molecular weight excluding hydrogens is 365 g/mol. The van der Waals surface area contributed by atoms with Crippen molar-refractivity contribution in [1.82, 2.24) is 14.9 Å². The van der Waals surface area contributed by atoms with Crippen LogP contribution in [-0.2, 0) is 6.18 Å². The minimum Gasteiger partial charge on any atom is -0.496 e. The van der Waals surface area contributed by atoms with E-state index in [1.165, 1.54) is 30.0 Å². The normalized spacial score (nSPS) is 11.8. The van der Waals surface area contributed by atoms with Gasteiger partial charge in [-0.25, -0.2) is 5.10 Å². The predicted octanol–water partition coefficient (Wildman–Crippen LogP) is 4.52. The summed E-state index contributed by atoms with van der Waals surface area (Å²) in [6, 6.07) is 12.2. The second kappa shape index (κ2) is 7.12. The van der Waals surface area contributed by atoms with Crippen LogP contribution >= 0.6 is 12.2 Å². The highest BCUT2D eigenvalue weighted by Crippen LogP contribution is 2.31. The Kier molecular flexibility index (Phi) is 4.90. The lowest BCUT2D eigenvalue weighted by Gasteiger charge is -2.09. The van der Waals surface area contributed by atoms with Crippen LogP contribution in [0, 0.1) is 4.77 Å². The number of nitrogens with one attached hydrogen (secondary N) is 1. The van der Waals surface area contributed by atoms with Gasteiger partial charge in [-0.05, 0) is 30.4 Å². The number of nitrogens with zero attached hydrogens (tertiary/aromatic N) is 3. The fourth-order valence-corrected chi connectivity index (χ4v) is 2.57. The summed E-state index contributed by atoms with van der Waals surface area (Å²) in [5, 5.41) is 10.8. The lowest BCUT2D eigenvalue weighted by atomic mass is 10.1. The largest absolute Gasteiger partial charge is 0.496 e. The molecule has 1 aromatic heterocycles. The summed E-state index contributed by atoms with van der Waals surface area (Å²) in [5.41, 5.74) is -0.254. The number of hydrogen-bond acceptors (Lipinski definition) is 4. The molecule has 0 fully saturated rings. The van der Waals surface area contributed by atoms with E-state index in [1.54, 1.807) is 24.3 Å². The van der Waals surface area contributed by atoms with E-state index in [2.05, 4.69) is 15.3 Å². The maximum absolute atomic E-state index is 13.1. The van der Waals surface area contributed by atoms with Crippen LogP contribution in [0.4, 0.5) is 13.2 Å². The molecule has 134 valence electrons. The van der Waals surface area contributed by atoms with E-state index in [4.69, 9.17) is 17.0 Å². The molecule has 26 heavy (non-hydrogen) atoms. The quantitative estimate of drug-likeness (QED) is 0.537. The van der Waals surface area contributed by atoms with E-state index in [9.17, 15) is 13.2 Å². The summed E-state index contributed by atoms with van der Waals surface area (Å²) in [6.07, 6.45) is -3.38. The van der Waals surface area contributed by atoms with Crippen LogP contribution < -0.4 is 4.74 Å². The second-order valence-corrected chi connectivity index (χ2v) is 5.58. The molecule has 3 rings (SSSR count). The van der Waals surface area contributed by atoms with Gasteiger partial charge in [0.15, 0.2) is 5.82 Å². The Labute approximate surface area is 151 Å². The summed E-state index contributed by atoms with van der Waals surface area (Å²) < 4.78 is 46.0. The summed E-state index contributed by atoms with van der Waals surface area (Å²) in [4.78, 5) is 0. The van der Waals surface area contributed by atoms with E-state index in [1.807, 2.05) is 0 Å². The number of benzene rings is 2. The topological polar surface area (TPSA) is 55.2 Å². The van der Waals surface area contributed by atoms with E-state index in [0.29, 0.717) is 17.1 Å². The number of halogens is 3. The summed E-state index contributed by atoms with van der Waals surface area (Å²) in [5.74, 6) is 0.863. The Morgan fingerprint density at radius 1 is 1.15 bits per heavy atom. The minimum absolute atomic E-state index is 0.0749. The van der Waals surface area contributed by atoms with Crippen molar-refractivity contribution in [2.45, 2.75) is 6.18 Å². The minimum atomic E-state index is -4.48. The molecule has 5 nitrogen and oxygen atoms in total. The third-order valence-electron chi connectivity index (χ3n) is 3.58. The van der Waals surface area contributed by atoms with E-state index >= 15 is 0 Å². The Hall–Kier alpha value is -2.94. The second-order valence-electron chi connectivity index (χ2n) is 5.19. The zero-order valence-electron chi connectivity index (χ0n) is 13.5. The summed E-state index contributed by atoms with van der Waals surface area (Å²) >= 11 is 5.14. The highest BCUT2D eigenvalue weighted by Gasteiger charge is 2.32. The van der Waals surface area contributed by atoms with Crippen molar-refractivity contribution < 1.29 is 17.9 Å². The molecule has 0 unspecified atom stereocenters. The first-order valence-corrected chi connectivity index (χ1v) is 7.84.